The minimum atomic E-state index is -3.95. The van der Waals surface area contributed by atoms with Crippen LogP contribution in [0.2, 0.25) is 0 Å². The number of sulfonamides is 1. The summed E-state index contributed by atoms with van der Waals surface area (Å²) in [5.74, 6) is -0.680. The summed E-state index contributed by atoms with van der Waals surface area (Å²) in [6, 6.07) is 3.02. The Kier molecular flexibility index (Phi) is 4.10. The summed E-state index contributed by atoms with van der Waals surface area (Å²) in [5.41, 5.74) is -0.244. The molecular formula is C13H17FN2O3S. The molecule has 5 nitrogen and oxygen atoms in total. The molecule has 7 heteroatoms. The molecule has 2 N–H and O–H groups in total. The number of nitrogens with zero attached hydrogens (tertiary/aromatic N) is 1. The number of hydrogen-bond acceptors (Lipinski definition) is 3. The largest absolute Gasteiger partial charge is 0.339 e. The summed E-state index contributed by atoms with van der Waals surface area (Å²) in [7, 11) is -3.95. The maximum Gasteiger partial charge on any atom is 0.256 e. The lowest BCUT2D eigenvalue weighted by atomic mass is 9.98. The first-order chi connectivity index (χ1) is 9.29. The van der Waals surface area contributed by atoms with E-state index >= 15 is 0 Å². The Labute approximate surface area is 117 Å². The highest BCUT2D eigenvalue weighted by atomic mass is 32.2. The average molecular weight is 300 g/mol. The number of carbonyl (C=O) groups excluding carboxylic acids is 1. The summed E-state index contributed by atoms with van der Waals surface area (Å²) in [4.78, 5) is 13.5. The predicted molar refractivity (Wildman–Crippen MR) is 72.1 cm³/mol. The van der Waals surface area contributed by atoms with E-state index in [1.807, 2.05) is 0 Å². The number of benzene rings is 1. The third-order valence-electron chi connectivity index (χ3n) is 3.57. The summed E-state index contributed by atoms with van der Waals surface area (Å²) >= 11 is 0. The zero-order valence-corrected chi connectivity index (χ0v) is 12.0. The SMILES string of the molecule is CC1CCN(C(=O)c2cc(S(N)(=O)=O)ccc2F)CC1. The smallest absolute Gasteiger partial charge is 0.256 e. The van der Waals surface area contributed by atoms with E-state index in [1.165, 1.54) is 0 Å². The first-order valence-electron chi connectivity index (χ1n) is 6.40. The van der Waals surface area contributed by atoms with Gasteiger partial charge in [-0.15, -0.1) is 0 Å². The van der Waals surface area contributed by atoms with E-state index in [0.29, 0.717) is 19.0 Å². The van der Waals surface area contributed by atoms with E-state index in [2.05, 4.69) is 6.92 Å². The molecule has 0 radical (unpaired) electrons. The number of nitrogens with two attached hydrogens (primary N) is 1. The van der Waals surface area contributed by atoms with Crippen molar-refractivity contribution in [3.05, 3.63) is 29.6 Å². The van der Waals surface area contributed by atoms with Gasteiger partial charge in [0.1, 0.15) is 5.82 Å². The van der Waals surface area contributed by atoms with E-state index in [4.69, 9.17) is 5.14 Å². The highest BCUT2D eigenvalue weighted by molar-refractivity contribution is 7.89. The van der Waals surface area contributed by atoms with Crippen LogP contribution >= 0.6 is 0 Å². The van der Waals surface area contributed by atoms with Crippen molar-refractivity contribution in [3.8, 4) is 0 Å². The van der Waals surface area contributed by atoms with E-state index in [1.54, 1.807) is 4.90 Å². The quantitative estimate of drug-likeness (QED) is 0.895. The Morgan fingerprint density at radius 3 is 2.50 bits per heavy atom. The van der Waals surface area contributed by atoms with Gasteiger partial charge in [0.2, 0.25) is 10.0 Å². The zero-order valence-electron chi connectivity index (χ0n) is 11.2. The number of likely N-dealkylation sites (tertiary alicyclic amines) is 1. The first kappa shape index (κ1) is 14.9. The second-order valence-corrected chi connectivity index (χ2v) is 6.72. The molecule has 1 aliphatic rings. The van der Waals surface area contributed by atoms with Crippen molar-refractivity contribution in [1.29, 1.82) is 0 Å². The molecular weight excluding hydrogens is 283 g/mol. The molecule has 1 aromatic carbocycles. The van der Waals surface area contributed by atoms with Gasteiger partial charge in [0.05, 0.1) is 10.5 Å². The van der Waals surface area contributed by atoms with Crippen LogP contribution in [0.4, 0.5) is 4.39 Å². The molecule has 1 heterocycles. The highest BCUT2D eigenvalue weighted by Gasteiger charge is 2.24. The van der Waals surface area contributed by atoms with Crippen molar-refractivity contribution < 1.29 is 17.6 Å². The summed E-state index contributed by atoms with van der Waals surface area (Å²) in [6.07, 6.45) is 1.73. The van der Waals surface area contributed by atoms with E-state index in [-0.39, 0.29) is 10.5 Å². The second-order valence-electron chi connectivity index (χ2n) is 5.16. The van der Waals surface area contributed by atoms with Gasteiger partial charge >= 0.3 is 0 Å². The summed E-state index contributed by atoms with van der Waals surface area (Å²) in [5, 5.41) is 5.00. The highest BCUT2D eigenvalue weighted by Crippen LogP contribution is 2.21. The van der Waals surface area contributed by atoms with Crippen molar-refractivity contribution in [3.63, 3.8) is 0 Å². The Bertz CT molecular complexity index is 623. The van der Waals surface area contributed by atoms with Crippen LogP contribution in [0.25, 0.3) is 0 Å². The minimum Gasteiger partial charge on any atom is -0.339 e. The zero-order chi connectivity index (χ0) is 14.9. The number of hydrogen-bond donors (Lipinski definition) is 1. The number of piperidine rings is 1. The van der Waals surface area contributed by atoms with Crippen molar-refractivity contribution in [2.24, 2.45) is 11.1 Å². The van der Waals surface area contributed by atoms with Gasteiger partial charge in [-0.3, -0.25) is 4.79 Å². The third kappa shape index (κ3) is 3.16. The fraction of sp³-hybridized carbons (Fsp3) is 0.462. The van der Waals surface area contributed by atoms with Crippen molar-refractivity contribution in [1.82, 2.24) is 4.90 Å². The molecule has 2 rings (SSSR count). The lowest BCUT2D eigenvalue weighted by molar-refractivity contribution is 0.0692. The van der Waals surface area contributed by atoms with Crippen molar-refractivity contribution >= 4 is 15.9 Å². The molecule has 0 saturated carbocycles. The summed E-state index contributed by atoms with van der Waals surface area (Å²) in [6.45, 7) is 3.21. The van der Waals surface area contributed by atoms with Gasteiger partial charge in [-0.25, -0.2) is 17.9 Å². The Hall–Kier alpha value is -1.47. The summed E-state index contributed by atoms with van der Waals surface area (Å²) < 4.78 is 36.3. The Morgan fingerprint density at radius 1 is 1.35 bits per heavy atom. The molecule has 1 fully saturated rings. The molecule has 1 aliphatic heterocycles. The van der Waals surface area contributed by atoms with E-state index < -0.39 is 21.7 Å². The van der Waals surface area contributed by atoms with Crippen LogP contribution in [0.1, 0.15) is 30.1 Å². The lowest BCUT2D eigenvalue weighted by Crippen LogP contribution is -2.38. The van der Waals surface area contributed by atoms with Crippen molar-refractivity contribution in [2.75, 3.05) is 13.1 Å². The molecule has 0 aromatic heterocycles. The number of rotatable bonds is 2. The maximum atomic E-state index is 13.8. The van der Waals surface area contributed by atoms with Crippen LogP contribution in [-0.4, -0.2) is 32.3 Å². The van der Waals surface area contributed by atoms with Crippen LogP contribution < -0.4 is 5.14 Å². The van der Waals surface area contributed by atoms with Gasteiger partial charge < -0.3 is 4.90 Å². The number of primary sulfonamides is 1. The van der Waals surface area contributed by atoms with Gasteiger partial charge in [0.15, 0.2) is 0 Å². The van der Waals surface area contributed by atoms with Crippen LogP contribution in [0.5, 0.6) is 0 Å². The Morgan fingerprint density at radius 2 is 1.95 bits per heavy atom. The standard InChI is InChI=1S/C13H17FN2O3S/c1-9-4-6-16(7-5-9)13(17)11-8-10(20(15,18)19)2-3-12(11)14/h2-3,8-9H,4-7H2,1H3,(H2,15,18,19). The molecule has 1 amide bonds. The van der Waals surface area contributed by atoms with Crippen LogP contribution in [0.3, 0.4) is 0 Å². The van der Waals surface area contributed by atoms with E-state index in [9.17, 15) is 17.6 Å². The lowest BCUT2D eigenvalue weighted by Gasteiger charge is -2.30. The number of halogens is 1. The molecule has 0 spiro atoms. The van der Waals surface area contributed by atoms with E-state index in [0.717, 1.165) is 31.0 Å². The molecule has 0 atom stereocenters. The molecule has 20 heavy (non-hydrogen) atoms. The van der Waals surface area contributed by atoms with Gasteiger partial charge in [-0.1, -0.05) is 6.92 Å². The van der Waals surface area contributed by atoms with Crippen molar-refractivity contribution in [2.45, 2.75) is 24.7 Å². The maximum absolute atomic E-state index is 13.8. The van der Waals surface area contributed by atoms with Crippen LogP contribution in [0.15, 0.2) is 23.1 Å². The van der Waals surface area contributed by atoms with Gasteiger partial charge in [0.25, 0.3) is 5.91 Å². The van der Waals surface area contributed by atoms with Crippen LogP contribution in [0, 0.1) is 11.7 Å². The molecule has 1 saturated heterocycles. The van der Waals surface area contributed by atoms with Gasteiger partial charge in [0, 0.05) is 13.1 Å². The minimum absolute atomic E-state index is 0.244. The monoisotopic (exact) mass is 300 g/mol. The first-order valence-corrected chi connectivity index (χ1v) is 7.95. The average Bonchev–Trinajstić information content (AvgIpc) is 2.38. The second kappa shape index (κ2) is 5.49. The topological polar surface area (TPSA) is 80.5 Å². The number of carbonyl (C=O) groups is 1. The van der Waals surface area contributed by atoms with Gasteiger partial charge in [-0.2, -0.15) is 0 Å². The molecule has 0 bridgehead atoms. The molecule has 1 aromatic rings. The fourth-order valence-corrected chi connectivity index (χ4v) is 2.77. The normalized spacial score (nSPS) is 17.2. The molecule has 110 valence electrons. The third-order valence-corrected chi connectivity index (χ3v) is 4.48. The van der Waals surface area contributed by atoms with Crippen LogP contribution in [-0.2, 0) is 10.0 Å². The fourth-order valence-electron chi connectivity index (χ4n) is 2.23. The predicted octanol–water partition coefficient (Wildman–Crippen LogP) is 1.35. The number of amides is 1. The van der Waals surface area contributed by atoms with Gasteiger partial charge in [-0.05, 0) is 37.0 Å². The molecule has 0 aliphatic carbocycles. The Balaban J connectivity index is 2.30. The molecule has 0 unspecified atom stereocenters.